The number of carbonyl (C=O) groups is 1. The molecule has 1 aliphatic rings. The molecule has 1 fully saturated rings. The number of hydrogen-bond acceptors (Lipinski definition) is 5. The van der Waals surface area contributed by atoms with Gasteiger partial charge in [0.1, 0.15) is 5.75 Å². The fourth-order valence-corrected chi connectivity index (χ4v) is 4.11. The molecule has 1 aromatic heterocycles. The standard InChI is InChI=1S/C19H23N3O4S/c1-14-11-15(7-8-20-14)17-12-16(5-6-18(17)26-2)27(24,25)21-13-19(23)22-9-3-4-10-22/h5-8,11-12,21H,3-4,9-10,13H2,1-2H3. The van der Waals surface area contributed by atoms with E-state index in [4.69, 9.17) is 4.74 Å². The number of sulfonamides is 1. The second-order valence-electron chi connectivity index (χ2n) is 6.46. The molecule has 8 heteroatoms. The van der Waals surface area contributed by atoms with Gasteiger partial charge in [-0.05, 0) is 55.7 Å². The number of rotatable bonds is 6. The third kappa shape index (κ3) is 4.45. The van der Waals surface area contributed by atoms with E-state index in [1.54, 1.807) is 29.3 Å². The lowest BCUT2D eigenvalue weighted by Gasteiger charge is -2.16. The first-order valence-corrected chi connectivity index (χ1v) is 10.3. The lowest BCUT2D eigenvalue weighted by Crippen LogP contribution is -2.38. The van der Waals surface area contributed by atoms with Crippen molar-refractivity contribution < 1.29 is 17.9 Å². The summed E-state index contributed by atoms with van der Waals surface area (Å²) < 4.78 is 33.1. The van der Waals surface area contributed by atoms with E-state index in [1.165, 1.54) is 13.2 Å². The van der Waals surface area contributed by atoms with E-state index < -0.39 is 10.0 Å². The molecule has 0 bridgehead atoms. The van der Waals surface area contributed by atoms with Crippen LogP contribution >= 0.6 is 0 Å². The van der Waals surface area contributed by atoms with Crippen LogP contribution in [0.25, 0.3) is 11.1 Å². The minimum atomic E-state index is -3.82. The third-order valence-corrected chi connectivity index (χ3v) is 5.96. The van der Waals surface area contributed by atoms with Crippen molar-refractivity contribution in [2.24, 2.45) is 0 Å². The molecule has 2 aromatic rings. The van der Waals surface area contributed by atoms with Gasteiger partial charge in [0.25, 0.3) is 0 Å². The Morgan fingerprint density at radius 1 is 1.22 bits per heavy atom. The number of nitrogens with one attached hydrogen (secondary N) is 1. The molecule has 0 radical (unpaired) electrons. The van der Waals surface area contributed by atoms with Gasteiger partial charge in [-0.15, -0.1) is 0 Å². The Morgan fingerprint density at radius 2 is 1.96 bits per heavy atom. The number of likely N-dealkylation sites (tertiary alicyclic amines) is 1. The molecule has 0 saturated carbocycles. The third-order valence-electron chi connectivity index (χ3n) is 4.56. The molecule has 144 valence electrons. The molecule has 1 N–H and O–H groups in total. The second-order valence-corrected chi connectivity index (χ2v) is 8.23. The summed E-state index contributed by atoms with van der Waals surface area (Å²) in [5.41, 5.74) is 2.28. The van der Waals surface area contributed by atoms with E-state index in [-0.39, 0.29) is 17.3 Å². The fourth-order valence-electron chi connectivity index (χ4n) is 3.11. The summed E-state index contributed by atoms with van der Waals surface area (Å²) in [4.78, 5) is 18.1. The summed E-state index contributed by atoms with van der Waals surface area (Å²) >= 11 is 0. The van der Waals surface area contributed by atoms with Crippen molar-refractivity contribution in [3.63, 3.8) is 0 Å². The minimum absolute atomic E-state index is 0.0852. The highest BCUT2D eigenvalue weighted by atomic mass is 32.2. The Morgan fingerprint density at radius 3 is 2.63 bits per heavy atom. The van der Waals surface area contributed by atoms with Crippen LogP contribution in [0.1, 0.15) is 18.5 Å². The summed E-state index contributed by atoms with van der Waals surface area (Å²) in [7, 11) is -2.28. The van der Waals surface area contributed by atoms with Crippen LogP contribution in [0, 0.1) is 6.92 Å². The number of nitrogens with zero attached hydrogens (tertiary/aromatic N) is 2. The van der Waals surface area contributed by atoms with E-state index in [9.17, 15) is 13.2 Å². The van der Waals surface area contributed by atoms with Crippen LogP contribution < -0.4 is 9.46 Å². The van der Waals surface area contributed by atoms with E-state index in [1.807, 2.05) is 13.0 Å². The molecule has 1 amide bonds. The molecule has 1 aromatic carbocycles. The van der Waals surface area contributed by atoms with Gasteiger partial charge in [0.15, 0.2) is 0 Å². The van der Waals surface area contributed by atoms with Gasteiger partial charge in [-0.3, -0.25) is 9.78 Å². The Labute approximate surface area is 159 Å². The smallest absolute Gasteiger partial charge is 0.241 e. The molecule has 0 spiro atoms. The summed E-state index contributed by atoms with van der Waals surface area (Å²) in [5, 5.41) is 0. The molecule has 7 nitrogen and oxygen atoms in total. The predicted octanol–water partition coefficient (Wildman–Crippen LogP) is 1.97. The zero-order valence-electron chi connectivity index (χ0n) is 15.4. The summed E-state index contributed by atoms with van der Waals surface area (Å²) in [5.74, 6) is 0.363. The Hall–Kier alpha value is -2.45. The number of carbonyl (C=O) groups excluding carboxylic acids is 1. The lowest BCUT2D eigenvalue weighted by atomic mass is 10.1. The van der Waals surface area contributed by atoms with Crippen molar-refractivity contribution in [3.8, 4) is 16.9 Å². The zero-order valence-corrected chi connectivity index (χ0v) is 16.3. The molecule has 1 aliphatic heterocycles. The van der Waals surface area contributed by atoms with Crippen molar-refractivity contribution in [1.29, 1.82) is 0 Å². The van der Waals surface area contributed by atoms with Gasteiger partial charge in [0.05, 0.1) is 18.6 Å². The van der Waals surface area contributed by atoms with Crippen molar-refractivity contribution in [2.45, 2.75) is 24.7 Å². The topological polar surface area (TPSA) is 88.6 Å². The van der Waals surface area contributed by atoms with Crippen LogP contribution in [0.4, 0.5) is 0 Å². The Kier molecular flexibility index (Phi) is 5.76. The van der Waals surface area contributed by atoms with Crippen LogP contribution in [-0.2, 0) is 14.8 Å². The molecule has 2 heterocycles. The number of hydrogen-bond donors (Lipinski definition) is 1. The van der Waals surface area contributed by atoms with Crippen LogP contribution in [0.2, 0.25) is 0 Å². The number of methoxy groups -OCH3 is 1. The molecule has 0 atom stereocenters. The van der Waals surface area contributed by atoms with Crippen LogP contribution in [0.3, 0.4) is 0 Å². The van der Waals surface area contributed by atoms with Gasteiger partial charge in [0, 0.05) is 30.5 Å². The molecular weight excluding hydrogens is 366 g/mol. The van der Waals surface area contributed by atoms with Crippen LogP contribution in [-0.4, -0.2) is 51.0 Å². The SMILES string of the molecule is COc1ccc(S(=O)(=O)NCC(=O)N2CCCC2)cc1-c1ccnc(C)c1. The van der Waals surface area contributed by atoms with E-state index in [2.05, 4.69) is 9.71 Å². The van der Waals surface area contributed by atoms with Gasteiger partial charge in [-0.25, -0.2) is 13.1 Å². The highest BCUT2D eigenvalue weighted by Crippen LogP contribution is 2.32. The summed E-state index contributed by atoms with van der Waals surface area (Å²) in [6.07, 6.45) is 3.59. The molecule has 0 aliphatic carbocycles. The summed E-state index contributed by atoms with van der Waals surface area (Å²) in [6, 6.07) is 8.29. The molecule has 27 heavy (non-hydrogen) atoms. The second kappa shape index (κ2) is 8.06. The van der Waals surface area contributed by atoms with Gasteiger partial charge in [0.2, 0.25) is 15.9 Å². The monoisotopic (exact) mass is 389 g/mol. The minimum Gasteiger partial charge on any atom is -0.496 e. The van der Waals surface area contributed by atoms with Gasteiger partial charge in [-0.2, -0.15) is 0 Å². The molecule has 0 unspecified atom stereocenters. The van der Waals surface area contributed by atoms with E-state index >= 15 is 0 Å². The lowest BCUT2D eigenvalue weighted by molar-refractivity contribution is -0.128. The number of ether oxygens (including phenoxy) is 1. The van der Waals surface area contributed by atoms with E-state index in [0.717, 1.165) is 24.1 Å². The highest BCUT2D eigenvalue weighted by Gasteiger charge is 2.22. The average Bonchev–Trinajstić information content (AvgIpc) is 3.20. The average molecular weight is 389 g/mol. The molecule has 1 saturated heterocycles. The normalized spacial score (nSPS) is 14.4. The van der Waals surface area contributed by atoms with Crippen molar-refractivity contribution >= 4 is 15.9 Å². The van der Waals surface area contributed by atoms with Gasteiger partial charge >= 0.3 is 0 Å². The number of amides is 1. The number of benzene rings is 1. The maximum atomic E-state index is 12.7. The Balaban J connectivity index is 1.85. The number of pyridine rings is 1. The first-order valence-electron chi connectivity index (χ1n) is 8.79. The molecular formula is C19H23N3O4S. The van der Waals surface area contributed by atoms with Gasteiger partial charge < -0.3 is 9.64 Å². The Bertz CT molecular complexity index is 938. The van der Waals surface area contributed by atoms with Crippen molar-refractivity contribution in [3.05, 3.63) is 42.2 Å². The fraction of sp³-hybridized carbons (Fsp3) is 0.368. The summed E-state index contributed by atoms with van der Waals surface area (Å²) in [6.45, 7) is 3.00. The maximum Gasteiger partial charge on any atom is 0.241 e. The van der Waals surface area contributed by atoms with Gasteiger partial charge in [-0.1, -0.05) is 0 Å². The van der Waals surface area contributed by atoms with Crippen LogP contribution in [0.15, 0.2) is 41.4 Å². The highest BCUT2D eigenvalue weighted by molar-refractivity contribution is 7.89. The number of aromatic nitrogens is 1. The number of aryl methyl sites for hydroxylation is 1. The largest absolute Gasteiger partial charge is 0.496 e. The predicted molar refractivity (Wildman–Crippen MR) is 102 cm³/mol. The molecule has 3 rings (SSSR count). The maximum absolute atomic E-state index is 12.7. The van der Waals surface area contributed by atoms with Crippen LogP contribution in [0.5, 0.6) is 5.75 Å². The first-order chi connectivity index (χ1) is 12.9. The van der Waals surface area contributed by atoms with Crippen molar-refractivity contribution in [2.75, 3.05) is 26.7 Å². The van der Waals surface area contributed by atoms with E-state index in [0.29, 0.717) is 24.4 Å². The first kappa shape index (κ1) is 19.3. The zero-order chi connectivity index (χ0) is 19.4. The van der Waals surface area contributed by atoms with Crippen molar-refractivity contribution in [1.82, 2.24) is 14.6 Å². The quantitative estimate of drug-likeness (QED) is 0.816.